The number of halogens is 1. The number of nitrogens with one attached hydrogen (secondary N) is 1. The number of hydrogen-bond donors (Lipinski definition) is 1. The van der Waals surface area contributed by atoms with E-state index in [-0.39, 0.29) is 0 Å². The molecule has 98 valence electrons. The van der Waals surface area contributed by atoms with Gasteiger partial charge < -0.3 is 10.1 Å². The SMILES string of the molecule is O=[N+]([O-])c1ccc(OCC2CCNCC2)cc1F. The molecule has 2 rings (SSSR count). The van der Waals surface area contributed by atoms with Crippen LogP contribution in [0.4, 0.5) is 10.1 Å². The van der Waals surface area contributed by atoms with Crippen LogP contribution in [0.5, 0.6) is 5.75 Å². The van der Waals surface area contributed by atoms with Gasteiger partial charge in [-0.1, -0.05) is 0 Å². The van der Waals surface area contributed by atoms with Crippen LogP contribution in [0.1, 0.15) is 12.8 Å². The summed E-state index contributed by atoms with van der Waals surface area (Å²) in [6, 6.07) is 3.63. The first-order valence-electron chi connectivity index (χ1n) is 5.94. The Labute approximate surface area is 104 Å². The Morgan fingerprint density at radius 3 is 2.78 bits per heavy atom. The molecule has 1 aliphatic rings. The average molecular weight is 254 g/mol. The van der Waals surface area contributed by atoms with Gasteiger partial charge in [-0.2, -0.15) is 4.39 Å². The van der Waals surface area contributed by atoms with Gasteiger partial charge >= 0.3 is 5.69 Å². The quantitative estimate of drug-likeness (QED) is 0.660. The van der Waals surface area contributed by atoms with E-state index in [2.05, 4.69) is 5.32 Å². The van der Waals surface area contributed by atoms with Crippen molar-refractivity contribution in [3.05, 3.63) is 34.1 Å². The lowest BCUT2D eigenvalue weighted by Crippen LogP contribution is -2.30. The molecule has 0 amide bonds. The minimum absolute atomic E-state index is 0.344. The van der Waals surface area contributed by atoms with Crippen molar-refractivity contribution in [1.82, 2.24) is 5.32 Å². The number of nitro groups is 1. The third-order valence-electron chi connectivity index (χ3n) is 3.06. The van der Waals surface area contributed by atoms with Gasteiger partial charge in [-0.25, -0.2) is 0 Å². The van der Waals surface area contributed by atoms with Gasteiger partial charge in [0.15, 0.2) is 0 Å². The Kier molecular flexibility index (Phi) is 4.09. The van der Waals surface area contributed by atoms with Crippen LogP contribution in [-0.4, -0.2) is 24.6 Å². The van der Waals surface area contributed by atoms with Gasteiger partial charge in [-0.05, 0) is 37.9 Å². The standard InChI is InChI=1S/C12H15FN2O3/c13-11-7-10(1-2-12(11)15(16)17)18-8-9-3-5-14-6-4-9/h1-2,7,9,14H,3-6,8H2. The number of hydrogen-bond acceptors (Lipinski definition) is 4. The second kappa shape index (κ2) is 5.77. The van der Waals surface area contributed by atoms with Gasteiger partial charge in [-0.15, -0.1) is 0 Å². The van der Waals surface area contributed by atoms with Crippen molar-refractivity contribution in [1.29, 1.82) is 0 Å². The highest BCUT2D eigenvalue weighted by molar-refractivity contribution is 5.37. The highest BCUT2D eigenvalue weighted by Crippen LogP contribution is 2.23. The van der Waals surface area contributed by atoms with Gasteiger partial charge in [0, 0.05) is 12.1 Å². The second-order valence-electron chi connectivity index (χ2n) is 4.37. The number of piperidine rings is 1. The number of nitrogens with zero attached hydrogens (tertiary/aromatic N) is 1. The zero-order chi connectivity index (χ0) is 13.0. The molecule has 1 fully saturated rings. The van der Waals surface area contributed by atoms with Crippen LogP contribution < -0.4 is 10.1 Å². The molecule has 1 aliphatic heterocycles. The molecule has 0 aromatic heterocycles. The zero-order valence-electron chi connectivity index (χ0n) is 9.89. The summed E-state index contributed by atoms with van der Waals surface area (Å²) in [4.78, 5) is 9.71. The van der Waals surface area contributed by atoms with Crippen LogP contribution in [0.3, 0.4) is 0 Å². The van der Waals surface area contributed by atoms with Crippen molar-refractivity contribution >= 4 is 5.69 Å². The molecule has 0 unspecified atom stereocenters. The fraction of sp³-hybridized carbons (Fsp3) is 0.500. The topological polar surface area (TPSA) is 64.4 Å². The largest absolute Gasteiger partial charge is 0.493 e. The first-order valence-corrected chi connectivity index (χ1v) is 5.94. The molecule has 0 saturated carbocycles. The smallest absolute Gasteiger partial charge is 0.305 e. The van der Waals surface area contributed by atoms with Crippen LogP contribution in [0, 0.1) is 21.8 Å². The molecule has 1 N–H and O–H groups in total. The summed E-state index contributed by atoms with van der Waals surface area (Å²) in [5.41, 5.74) is -0.524. The molecule has 1 saturated heterocycles. The van der Waals surface area contributed by atoms with Gasteiger partial charge in [-0.3, -0.25) is 10.1 Å². The first-order chi connectivity index (χ1) is 8.66. The van der Waals surface area contributed by atoms with Crippen molar-refractivity contribution in [2.45, 2.75) is 12.8 Å². The van der Waals surface area contributed by atoms with E-state index in [4.69, 9.17) is 4.74 Å². The van der Waals surface area contributed by atoms with Crippen molar-refractivity contribution in [3.63, 3.8) is 0 Å². The minimum atomic E-state index is -0.859. The Morgan fingerprint density at radius 2 is 2.17 bits per heavy atom. The maximum absolute atomic E-state index is 13.3. The summed E-state index contributed by atoms with van der Waals surface area (Å²) in [6.45, 7) is 2.48. The van der Waals surface area contributed by atoms with E-state index in [0.717, 1.165) is 38.1 Å². The molecule has 0 spiro atoms. The lowest BCUT2D eigenvalue weighted by atomic mass is 9.99. The predicted octanol–water partition coefficient (Wildman–Crippen LogP) is 2.11. The maximum atomic E-state index is 13.3. The number of rotatable bonds is 4. The van der Waals surface area contributed by atoms with Crippen molar-refractivity contribution < 1.29 is 14.1 Å². The van der Waals surface area contributed by atoms with Gasteiger partial charge in [0.05, 0.1) is 11.5 Å². The molecule has 0 atom stereocenters. The van der Waals surface area contributed by atoms with Gasteiger partial charge in [0.1, 0.15) is 5.75 Å². The van der Waals surface area contributed by atoms with E-state index in [9.17, 15) is 14.5 Å². The molecule has 0 bridgehead atoms. The summed E-state index contributed by atoms with van der Waals surface area (Å²) in [5, 5.41) is 13.7. The normalized spacial score (nSPS) is 16.5. The molecule has 1 heterocycles. The molecule has 0 radical (unpaired) electrons. The monoisotopic (exact) mass is 254 g/mol. The summed E-state index contributed by atoms with van der Waals surface area (Å²) in [6.07, 6.45) is 2.07. The van der Waals surface area contributed by atoms with Crippen molar-refractivity contribution in [2.24, 2.45) is 5.92 Å². The second-order valence-corrected chi connectivity index (χ2v) is 4.37. The van der Waals surface area contributed by atoms with Crippen LogP contribution in [-0.2, 0) is 0 Å². The predicted molar refractivity (Wildman–Crippen MR) is 64.1 cm³/mol. The maximum Gasteiger partial charge on any atom is 0.305 e. The lowest BCUT2D eigenvalue weighted by molar-refractivity contribution is -0.387. The molecular formula is C12H15FN2O3. The molecule has 18 heavy (non-hydrogen) atoms. The molecular weight excluding hydrogens is 239 g/mol. The highest BCUT2D eigenvalue weighted by atomic mass is 19.1. The van der Waals surface area contributed by atoms with Crippen LogP contribution in [0.15, 0.2) is 18.2 Å². The number of ether oxygens (including phenoxy) is 1. The van der Waals surface area contributed by atoms with E-state index >= 15 is 0 Å². The summed E-state index contributed by atoms with van der Waals surface area (Å²) < 4.78 is 18.8. The Balaban J connectivity index is 1.93. The third kappa shape index (κ3) is 3.16. The molecule has 6 heteroatoms. The van der Waals surface area contributed by atoms with Crippen LogP contribution >= 0.6 is 0 Å². The summed E-state index contributed by atoms with van der Waals surface area (Å²) in [7, 11) is 0. The van der Waals surface area contributed by atoms with E-state index in [0.29, 0.717) is 18.3 Å². The molecule has 1 aromatic carbocycles. The average Bonchev–Trinajstić information content (AvgIpc) is 2.37. The minimum Gasteiger partial charge on any atom is -0.493 e. The summed E-state index contributed by atoms with van der Waals surface area (Å²) in [5.74, 6) is -0.0519. The molecule has 0 aliphatic carbocycles. The van der Waals surface area contributed by atoms with E-state index in [1.54, 1.807) is 0 Å². The van der Waals surface area contributed by atoms with Gasteiger partial charge in [0.2, 0.25) is 5.82 Å². The zero-order valence-corrected chi connectivity index (χ0v) is 9.89. The van der Waals surface area contributed by atoms with E-state index in [1.165, 1.54) is 6.07 Å². The molecule has 1 aromatic rings. The van der Waals surface area contributed by atoms with Gasteiger partial charge in [0.25, 0.3) is 0 Å². The number of benzene rings is 1. The Bertz CT molecular complexity index is 433. The first kappa shape index (κ1) is 12.8. The fourth-order valence-corrected chi connectivity index (χ4v) is 1.99. The van der Waals surface area contributed by atoms with E-state index < -0.39 is 16.4 Å². The Morgan fingerprint density at radius 1 is 1.44 bits per heavy atom. The highest BCUT2D eigenvalue weighted by Gasteiger charge is 2.16. The third-order valence-corrected chi connectivity index (χ3v) is 3.06. The Hall–Kier alpha value is -1.69. The van der Waals surface area contributed by atoms with Crippen LogP contribution in [0.2, 0.25) is 0 Å². The summed E-state index contributed by atoms with van der Waals surface area (Å²) >= 11 is 0. The van der Waals surface area contributed by atoms with E-state index in [1.807, 2.05) is 0 Å². The fourth-order valence-electron chi connectivity index (χ4n) is 1.99. The van der Waals surface area contributed by atoms with Crippen molar-refractivity contribution in [2.75, 3.05) is 19.7 Å². The van der Waals surface area contributed by atoms with Crippen LogP contribution in [0.25, 0.3) is 0 Å². The molecule has 5 nitrogen and oxygen atoms in total. The number of nitro benzene ring substituents is 1. The lowest BCUT2D eigenvalue weighted by Gasteiger charge is -2.22. The van der Waals surface area contributed by atoms with Crippen molar-refractivity contribution in [3.8, 4) is 5.75 Å².